The fourth-order valence-corrected chi connectivity index (χ4v) is 2.88. The van der Waals surface area contributed by atoms with E-state index in [1.165, 1.54) is 17.9 Å². The van der Waals surface area contributed by atoms with E-state index in [1.807, 2.05) is 30.3 Å². The average Bonchev–Trinajstić information content (AvgIpc) is 3.45. The molecule has 154 valence electrons. The number of furan rings is 1. The lowest BCUT2D eigenvalue weighted by atomic mass is 10.2. The molecule has 9 heteroatoms. The van der Waals surface area contributed by atoms with Crippen molar-refractivity contribution in [3.05, 3.63) is 78.8 Å². The Balaban J connectivity index is 1.66. The van der Waals surface area contributed by atoms with Gasteiger partial charge in [0.1, 0.15) is 11.5 Å². The van der Waals surface area contributed by atoms with Crippen LogP contribution in [0.1, 0.15) is 12.7 Å². The highest BCUT2D eigenvalue weighted by Crippen LogP contribution is 2.22. The number of anilines is 2. The van der Waals surface area contributed by atoms with Crippen LogP contribution in [-0.2, 0) is 9.59 Å². The summed E-state index contributed by atoms with van der Waals surface area (Å²) in [5.41, 5.74) is 2.09. The average molecular weight is 414 g/mol. The lowest BCUT2D eigenvalue weighted by Crippen LogP contribution is -2.19. The van der Waals surface area contributed by atoms with Gasteiger partial charge in [-0.25, -0.2) is 0 Å². The smallest absolute Gasteiger partial charge is 0.274 e. The highest BCUT2D eigenvalue weighted by molar-refractivity contribution is 6.24. The van der Waals surface area contributed by atoms with E-state index in [-0.39, 0.29) is 11.6 Å². The van der Waals surface area contributed by atoms with E-state index in [0.29, 0.717) is 23.0 Å². The number of rotatable bonds is 6. The Morgan fingerprint density at radius 1 is 0.935 bits per heavy atom. The van der Waals surface area contributed by atoms with Gasteiger partial charge in [0, 0.05) is 29.9 Å². The van der Waals surface area contributed by atoms with E-state index in [0.717, 1.165) is 5.56 Å². The van der Waals surface area contributed by atoms with Crippen LogP contribution in [0.4, 0.5) is 11.4 Å². The predicted molar refractivity (Wildman–Crippen MR) is 116 cm³/mol. The van der Waals surface area contributed by atoms with Crippen LogP contribution in [0.15, 0.2) is 77.4 Å². The number of hydrogen-bond acceptors (Lipinski definition) is 6. The van der Waals surface area contributed by atoms with Crippen LogP contribution in [0.25, 0.3) is 23.2 Å². The zero-order chi connectivity index (χ0) is 21.6. The zero-order valence-corrected chi connectivity index (χ0v) is 16.5. The van der Waals surface area contributed by atoms with Crippen LogP contribution in [0, 0.1) is 0 Å². The van der Waals surface area contributed by atoms with Crippen molar-refractivity contribution in [3.63, 3.8) is 0 Å². The second-order valence-electron chi connectivity index (χ2n) is 6.54. The first-order valence-electron chi connectivity index (χ1n) is 9.38. The molecular weight excluding hydrogens is 396 g/mol. The molecule has 0 unspecified atom stereocenters. The largest absolute Gasteiger partial charge is 0.465 e. The van der Waals surface area contributed by atoms with E-state index >= 15 is 0 Å². The van der Waals surface area contributed by atoms with Crippen molar-refractivity contribution in [1.82, 2.24) is 20.2 Å². The molecule has 4 rings (SSSR count). The Morgan fingerprint density at radius 2 is 1.65 bits per heavy atom. The van der Waals surface area contributed by atoms with Crippen LogP contribution in [0.2, 0.25) is 0 Å². The number of carbonyl (C=O) groups is 2. The van der Waals surface area contributed by atoms with Gasteiger partial charge in [0.15, 0.2) is 5.82 Å². The van der Waals surface area contributed by atoms with E-state index in [2.05, 4.69) is 26.2 Å². The fraction of sp³-hybridized carbons (Fsp3) is 0.0455. The highest BCUT2D eigenvalue weighted by Gasteiger charge is 2.20. The molecule has 0 saturated carbocycles. The lowest BCUT2D eigenvalue weighted by Gasteiger charge is -2.11. The molecule has 0 aliphatic carbocycles. The van der Waals surface area contributed by atoms with Gasteiger partial charge in [-0.2, -0.15) is 4.68 Å². The van der Waals surface area contributed by atoms with Gasteiger partial charge in [0.25, 0.3) is 5.91 Å². The molecule has 0 atom stereocenters. The van der Waals surface area contributed by atoms with E-state index in [9.17, 15) is 9.59 Å². The third-order valence-corrected chi connectivity index (χ3v) is 4.25. The van der Waals surface area contributed by atoms with Crippen molar-refractivity contribution < 1.29 is 14.0 Å². The van der Waals surface area contributed by atoms with Gasteiger partial charge in [-0.1, -0.05) is 30.3 Å². The first kappa shape index (κ1) is 19.8. The normalized spacial score (nSPS) is 11.2. The number of hydrogen-bond donors (Lipinski definition) is 2. The van der Waals surface area contributed by atoms with Crippen LogP contribution in [0.5, 0.6) is 0 Å². The third-order valence-electron chi connectivity index (χ3n) is 4.25. The van der Waals surface area contributed by atoms with Gasteiger partial charge in [-0.3, -0.25) is 9.59 Å². The molecule has 0 spiro atoms. The summed E-state index contributed by atoms with van der Waals surface area (Å²) >= 11 is 0. The maximum atomic E-state index is 13.2. The summed E-state index contributed by atoms with van der Waals surface area (Å²) in [7, 11) is 0. The maximum Gasteiger partial charge on any atom is 0.274 e. The molecule has 0 radical (unpaired) electrons. The minimum Gasteiger partial charge on any atom is -0.465 e. The van der Waals surface area contributed by atoms with Gasteiger partial charge < -0.3 is 15.1 Å². The third kappa shape index (κ3) is 4.73. The Bertz CT molecular complexity index is 1210. The van der Waals surface area contributed by atoms with Gasteiger partial charge in [0.2, 0.25) is 5.91 Å². The Kier molecular flexibility index (Phi) is 5.66. The SMILES string of the molecule is CC(=O)Nc1ccc(NC(=O)C(=Cc2ccco2)n2nnnc2-c2ccccc2)cc1. The van der Waals surface area contributed by atoms with Crippen LogP contribution >= 0.6 is 0 Å². The number of amides is 2. The molecule has 0 fully saturated rings. The quantitative estimate of drug-likeness (QED) is 0.467. The molecule has 2 N–H and O–H groups in total. The topological polar surface area (TPSA) is 115 Å². The molecule has 0 aliphatic heterocycles. The van der Waals surface area contributed by atoms with Crippen molar-refractivity contribution in [2.45, 2.75) is 6.92 Å². The molecule has 0 aliphatic rings. The summed E-state index contributed by atoms with van der Waals surface area (Å²) in [6.45, 7) is 1.43. The molecule has 31 heavy (non-hydrogen) atoms. The van der Waals surface area contributed by atoms with Gasteiger partial charge in [0.05, 0.1) is 6.26 Å². The van der Waals surface area contributed by atoms with Crippen molar-refractivity contribution in [3.8, 4) is 11.4 Å². The van der Waals surface area contributed by atoms with Gasteiger partial charge >= 0.3 is 0 Å². The highest BCUT2D eigenvalue weighted by atomic mass is 16.3. The molecule has 0 saturated heterocycles. The molecule has 9 nitrogen and oxygen atoms in total. The Morgan fingerprint density at radius 3 is 2.29 bits per heavy atom. The van der Waals surface area contributed by atoms with Crippen LogP contribution in [0.3, 0.4) is 0 Å². The summed E-state index contributed by atoms with van der Waals surface area (Å²) in [6, 6.07) is 19.5. The predicted octanol–water partition coefficient (Wildman–Crippen LogP) is 3.53. The molecule has 4 aromatic rings. The number of nitrogens with zero attached hydrogens (tertiary/aromatic N) is 4. The monoisotopic (exact) mass is 414 g/mol. The number of benzene rings is 2. The molecule has 2 amide bonds. The number of aromatic nitrogens is 4. The van der Waals surface area contributed by atoms with Crippen molar-refractivity contribution in [1.29, 1.82) is 0 Å². The van der Waals surface area contributed by atoms with E-state index < -0.39 is 5.91 Å². The Labute approximate surface area is 177 Å². The number of tetrazole rings is 1. The van der Waals surface area contributed by atoms with Crippen molar-refractivity contribution in [2.24, 2.45) is 0 Å². The van der Waals surface area contributed by atoms with Gasteiger partial charge in [-0.15, -0.1) is 5.10 Å². The van der Waals surface area contributed by atoms with E-state index in [1.54, 1.807) is 42.5 Å². The Hall–Kier alpha value is -4.53. The second-order valence-corrected chi connectivity index (χ2v) is 6.54. The first-order valence-corrected chi connectivity index (χ1v) is 9.38. The fourth-order valence-electron chi connectivity index (χ4n) is 2.88. The first-order chi connectivity index (χ1) is 15.1. The maximum absolute atomic E-state index is 13.2. The van der Waals surface area contributed by atoms with Crippen LogP contribution < -0.4 is 10.6 Å². The molecule has 2 aromatic heterocycles. The summed E-state index contributed by atoms with van der Waals surface area (Å²) in [5.74, 6) is 0.274. The molecule has 2 aromatic carbocycles. The minimum atomic E-state index is -0.437. The zero-order valence-electron chi connectivity index (χ0n) is 16.5. The summed E-state index contributed by atoms with van der Waals surface area (Å²) in [4.78, 5) is 24.4. The molecular formula is C22H18N6O3. The number of carbonyl (C=O) groups excluding carboxylic acids is 2. The molecule has 0 bridgehead atoms. The lowest BCUT2D eigenvalue weighted by molar-refractivity contribution is -0.114. The minimum absolute atomic E-state index is 0.171. The second kappa shape index (κ2) is 8.87. The summed E-state index contributed by atoms with van der Waals surface area (Å²) < 4.78 is 6.74. The summed E-state index contributed by atoms with van der Waals surface area (Å²) in [5, 5.41) is 17.3. The van der Waals surface area contributed by atoms with Crippen molar-refractivity contribution >= 4 is 35.0 Å². The van der Waals surface area contributed by atoms with E-state index in [4.69, 9.17) is 4.42 Å². The van der Waals surface area contributed by atoms with Crippen molar-refractivity contribution in [2.75, 3.05) is 10.6 Å². The molecule has 2 heterocycles. The van der Waals surface area contributed by atoms with Crippen LogP contribution in [-0.4, -0.2) is 32.0 Å². The number of nitrogens with one attached hydrogen (secondary N) is 2. The standard InChI is InChI=1S/C22H18N6O3/c1-15(29)23-17-9-11-18(12-10-17)24-22(30)20(14-19-8-5-13-31-19)28-21(25-26-27-28)16-6-3-2-4-7-16/h2-14H,1H3,(H,23,29)(H,24,30). The van der Waals surface area contributed by atoms with Gasteiger partial charge in [-0.05, 0) is 46.8 Å². The summed E-state index contributed by atoms with van der Waals surface area (Å²) in [6.07, 6.45) is 3.07.